The number of methoxy groups -OCH3 is 1. The molecule has 0 saturated heterocycles. The lowest BCUT2D eigenvalue weighted by atomic mass is 9.86. The zero-order valence-corrected chi connectivity index (χ0v) is 14.1. The lowest BCUT2D eigenvalue weighted by Crippen LogP contribution is -2.47. The molecule has 2 rings (SSSR count). The highest BCUT2D eigenvalue weighted by atomic mass is 16.5. The van der Waals surface area contributed by atoms with Crippen LogP contribution in [0.15, 0.2) is 30.3 Å². The molecular weight excluding hydrogens is 308 g/mol. The lowest BCUT2D eigenvalue weighted by molar-refractivity contribution is -0.142. The molecule has 0 radical (unpaired) electrons. The third-order valence-corrected chi connectivity index (χ3v) is 4.47. The van der Waals surface area contributed by atoms with Crippen LogP contribution < -0.4 is 5.32 Å². The fourth-order valence-corrected chi connectivity index (χ4v) is 3.01. The van der Waals surface area contributed by atoms with Crippen LogP contribution in [0.2, 0.25) is 0 Å². The first-order chi connectivity index (χ1) is 11.6. The van der Waals surface area contributed by atoms with E-state index < -0.39 is 5.97 Å². The summed E-state index contributed by atoms with van der Waals surface area (Å²) < 4.78 is 5.10. The first-order valence-corrected chi connectivity index (χ1v) is 8.41. The Hall–Kier alpha value is -2.08. The van der Waals surface area contributed by atoms with Gasteiger partial charge in [0.25, 0.3) is 0 Å². The molecule has 2 N–H and O–H groups in total. The maximum atomic E-state index is 12.6. The minimum absolute atomic E-state index is 0.0499. The van der Waals surface area contributed by atoms with Gasteiger partial charge in [-0.25, -0.2) is 4.79 Å². The molecule has 1 aromatic rings. The van der Waals surface area contributed by atoms with Crippen molar-refractivity contribution >= 4 is 12.0 Å². The van der Waals surface area contributed by atoms with Gasteiger partial charge in [0.05, 0.1) is 12.5 Å². The quantitative estimate of drug-likeness (QED) is 0.803. The van der Waals surface area contributed by atoms with E-state index in [-0.39, 0.29) is 18.0 Å². The average molecular weight is 334 g/mol. The van der Waals surface area contributed by atoms with Gasteiger partial charge in [0.1, 0.15) is 0 Å². The van der Waals surface area contributed by atoms with Crippen LogP contribution >= 0.6 is 0 Å². The molecule has 1 fully saturated rings. The number of aliphatic carboxylic acids is 1. The molecule has 1 aliphatic carbocycles. The SMILES string of the molecule is COCCN(Cc1ccccc1)C(=O)NC1CCC(C(=O)O)CC1. The number of carboxylic acid groups (broad SMARTS) is 1. The number of nitrogens with zero attached hydrogens (tertiary/aromatic N) is 1. The van der Waals surface area contributed by atoms with E-state index in [9.17, 15) is 9.59 Å². The van der Waals surface area contributed by atoms with E-state index in [0.29, 0.717) is 45.4 Å². The second-order valence-electron chi connectivity index (χ2n) is 6.24. The number of rotatable bonds is 7. The van der Waals surface area contributed by atoms with Crippen molar-refractivity contribution in [3.05, 3.63) is 35.9 Å². The van der Waals surface area contributed by atoms with Crippen molar-refractivity contribution in [3.8, 4) is 0 Å². The molecule has 0 spiro atoms. The largest absolute Gasteiger partial charge is 0.481 e. The van der Waals surface area contributed by atoms with E-state index in [1.165, 1.54) is 0 Å². The summed E-state index contributed by atoms with van der Waals surface area (Å²) in [5, 5.41) is 12.1. The maximum Gasteiger partial charge on any atom is 0.317 e. The highest BCUT2D eigenvalue weighted by Gasteiger charge is 2.27. The zero-order valence-electron chi connectivity index (χ0n) is 14.1. The summed E-state index contributed by atoms with van der Waals surface area (Å²) in [7, 11) is 1.62. The van der Waals surface area contributed by atoms with Gasteiger partial charge >= 0.3 is 12.0 Å². The summed E-state index contributed by atoms with van der Waals surface area (Å²) in [5.74, 6) is -1.00. The van der Waals surface area contributed by atoms with Gasteiger partial charge in [0, 0.05) is 26.2 Å². The summed E-state index contributed by atoms with van der Waals surface area (Å²) in [6.07, 6.45) is 2.67. The van der Waals surface area contributed by atoms with Crippen molar-refractivity contribution in [2.45, 2.75) is 38.3 Å². The molecule has 0 heterocycles. The number of urea groups is 1. The molecule has 0 unspecified atom stereocenters. The number of carbonyl (C=O) groups excluding carboxylic acids is 1. The molecule has 132 valence electrons. The third kappa shape index (κ3) is 5.53. The molecule has 2 amide bonds. The van der Waals surface area contributed by atoms with Crippen molar-refractivity contribution in [1.82, 2.24) is 10.2 Å². The van der Waals surface area contributed by atoms with Gasteiger partial charge in [0.2, 0.25) is 0 Å². The number of carbonyl (C=O) groups is 2. The number of hydrogen-bond donors (Lipinski definition) is 2. The molecule has 24 heavy (non-hydrogen) atoms. The summed E-state index contributed by atoms with van der Waals surface area (Å²) in [6, 6.07) is 9.77. The summed E-state index contributed by atoms with van der Waals surface area (Å²) in [5.41, 5.74) is 1.07. The minimum Gasteiger partial charge on any atom is -0.481 e. The van der Waals surface area contributed by atoms with Crippen molar-refractivity contribution in [3.63, 3.8) is 0 Å². The molecule has 0 aliphatic heterocycles. The van der Waals surface area contributed by atoms with Gasteiger partial charge in [-0.05, 0) is 31.2 Å². The van der Waals surface area contributed by atoms with Crippen LogP contribution in [-0.4, -0.2) is 48.3 Å². The summed E-state index contributed by atoms with van der Waals surface area (Å²) in [6.45, 7) is 1.52. The van der Waals surface area contributed by atoms with Gasteiger partial charge in [0.15, 0.2) is 0 Å². The van der Waals surface area contributed by atoms with E-state index in [2.05, 4.69) is 5.32 Å². The molecule has 6 nitrogen and oxygen atoms in total. The molecule has 1 aromatic carbocycles. The predicted octanol–water partition coefficient (Wildman–Crippen LogP) is 2.49. The topological polar surface area (TPSA) is 78.9 Å². The number of carboxylic acids is 1. The average Bonchev–Trinajstić information content (AvgIpc) is 2.60. The van der Waals surface area contributed by atoms with E-state index in [4.69, 9.17) is 9.84 Å². The number of benzene rings is 1. The molecule has 0 aromatic heterocycles. The van der Waals surface area contributed by atoms with Gasteiger partial charge in [-0.1, -0.05) is 30.3 Å². The fraction of sp³-hybridized carbons (Fsp3) is 0.556. The zero-order chi connectivity index (χ0) is 17.4. The normalized spacial score (nSPS) is 20.4. The Balaban J connectivity index is 1.89. The molecule has 0 bridgehead atoms. The lowest BCUT2D eigenvalue weighted by Gasteiger charge is -2.30. The van der Waals surface area contributed by atoms with Crippen molar-refractivity contribution in [1.29, 1.82) is 0 Å². The molecule has 1 saturated carbocycles. The Morgan fingerprint density at radius 2 is 1.88 bits per heavy atom. The molecule has 1 aliphatic rings. The van der Waals surface area contributed by atoms with Crippen LogP contribution in [0.5, 0.6) is 0 Å². The van der Waals surface area contributed by atoms with Crippen LogP contribution in [0.3, 0.4) is 0 Å². The van der Waals surface area contributed by atoms with E-state index in [1.54, 1.807) is 12.0 Å². The molecular formula is C18H26N2O4. The van der Waals surface area contributed by atoms with Crippen molar-refractivity contribution in [2.24, 2.45) is 5.92 Å². The van der Waals surface area contributed by atoms with Crippen molar-refractivity contribution < 1.29 is 19.4 Å². The Kier molecular flexibility index (Phi) is 7.06. The molecule has 0 atom stereocenters. The fourth-order valence-electron chi connectivity index (χ4n) is 3.01. The van der Waals surface area contributed by atoms with Gasteiger partial charge in [-0.3, -0.25) is 4.79 Å². The Labute approximate surface area is 142 Å². The first-order valence-electron chi connectivity index (χ1n) is 8.41. The van der Waals surface area contributed by atoms with E-state index in [0.717, 1.165) is 5.56 Å². The number of ether oxygens (including phenoxy) is 1. The third-order valence-electron chi connectivity index (χ3n) is 4.47. The summed E-state index contributed by atoms with van der Waals surface area (Å²) >= 11 is 0. The number of nitrogens with one attached hydrogen (secondary N) is 1. The highest BCUT2D eigenvalue weighted by Crippen LogP contribution is 2.24. The van der Waals surface area contributed by atoms with Crippen LogP contribution in [0.1, 0.15) is 31.2 Å². The van der Waals surface area contributed by atoms with Crippen LogP contribution in [0.25, 0.3) is 0 Å². The Bertz CT molecular complexity index is 527. The van der Waals surface area contributed by atoms with Crippen LogP contribution in [-0.2, 0) is 16.1 Å². The second kappa shape index (κ2) is 9.27. The summed E-state index contributed by atoms with van der Waals surface area (Å²) in [4.78, 5) is 25.3. The Morgan fingerprint density at radius 3 is 2.46 bits per heavy atom. The monoisotopic (exact) mass is 334 g/mol. The van der Waals surface area contributed by atoms with Gasteiger partial charge in [-0.2, -0.15) is 0 Å². The maximum absolute atomic E-state index is 12.6. The van der Waals surface area contributed by atoms with E-state index >= 15 is 0 Å². The van der Waals surface area contributed by atoms with Crippen molar-refractivity contribution in [2.75, 3.05) is 20.3 Å². The van der Waals surface area contributed by atoms with Gasteiger partial charge < -0.3 is 20.1 Å². The second-order valence-corrected chi connectivity index (χ2v) is 6.24. The van der Waals surface area contributed by atoms with Crippen LogP contribution in [0.4, 0.5) is 4.79 Å². The van der Waals surface area contributed by atoms with Crippen LogP contribution in [0, 0.1) is 5.92 Å². The van der Waals surface area contributed by atoms with E-state index in [1.807, 2.05) is 30.3 Å². The minimum atomic E-state index is -0.731. The smallest absolute Gasteiger partial charge is 0.317 e. The Morgan fingerprint density at radius 1 is 1.21 bits per heavy atom. The molecule has 6 heteroatoms. The standard InChI is InChI=1S/C18H26N2O4/c1-24-12-11-20(13-14-5-3-2-4-6-14)18(23)19-16-9-7-15(8-10-16)17(21)22/h2-6,15-16H,7-13H2,1H3,(H,19,23)(H,21,22). The van der Waals surface area contributed by atoms with Gasteiger partial charge in [-0.15, -0.1) is 0 Å². The number of hydrogen-bond acceptors (Lipinski definition) is 3. The highest BCUT2D eigenvalue weighted by molar-refractivity contribution is 5.74. The predicted molar refractivity (Wildman–Crippen MR) is 90.6 cm³/mol. The number of amides is 2. The first kappa shape index (κ1) is 18.3.